The maximum absolute atomic E-state index is 4.54. The van der Waals surface area contributed by atoms with Gasteiger partial charge in [0.15, 0.2) is 5.35 Å². The van der Waals surface area contributed by atoms with Gasteiger partial charge >= 0.3 is 0 Å². The van der Waals surface area contributed by atoms with Crippen LogP contribution >= 0.6 is 0 Å². The molecule has 0 saturated carbocycles. The molecule has 2 aromatic heterocycles. The van der Waals surface area contributed by atoms with Gasteiger partial charge in [-0.1, -0.05) is 23.3 Å². The molecule has 0 spiro atoms. The lowest BCUT2D eigenvalue weighted by molar-refractivity contribution is -0.653. The third kappa shape index (κ3) is 0.863. The van der Waals surface area contributed by atoms with Gasteiger partial charge in [0, 0.05) is 4.63 Å². The van der Waals surface area contributed by atoms with Crippen molar-refractivity contribution in [2.45, 2.75) is 6.42 Å². The van der Waals surface area contributed by atoms with Crippen molar-refractivity contribution >= 4 is 23.2 Å². The van der Waals surface area contributed by atoms with Crippen molar-refractivity contribution in [3.8, 4) is 0 Å². The Morgan fingerprint density at radius 2 is 2.19 bits per heavy atom. The topological polar surface area (TPSA) is 34.3 Å². The van der Waals surface area contributed by atoms with E-state index >= 15 is 0 Å². The van der Waals surface area contributed by atoms with Gasteiger partial charge in [-0.25, -0.2) is 0 Å². The zero-order valence-corrected chi connectivity index (χ0v) is 8.54. The van der Waals surface area contributed by atoms with Crippen molar-refractivity contribution in [1.82, 2.24) is 14.8 Å². The van der Waals surface area contributed by atoms with Crippen LogP contribution in [0, 0.1) is 0 Å². The first kappa shape index (κ1) is 7.98. The molecule has 0 amide bonds. The van der Waals surface area contributed by atoms with Crippen LogP contribution in [0.3, 0.4) is 0 Å². The zero-order chi connectivity index (χ0) is 10.5. The molecule has 1 aliphatic rings. The van der Waals surface area contributed by atoms with E-state index < -0.39 is 0 Å². The number of allylic oxidation sites excluding steroid dienone is 1. The van der Waals surface area contributed by atoms with Crippen LogP contribution < -0.4 is 9.98 Å². The number of para-hydroxylation sites is 1. The molecular formula is C12H9N4+. The van der Waals surface area contributed by atoms with Gasteiger partial charge in [0.25, 0.3) is 5.52 Å². The van der Waals surface area contributed by atoms with Gasteiger partial charge in [0.2, 0.25) is 5.52 Å². The van der Waals surface area contributed by atoms with Crippen molar-refractivity contribution in [2.24, 2.45) is 0 Å². The Kier molecular flexibility index (Phi) is 1.33. The number of fused-ring (bicyclic) bond motifs is 5. The predicted molar refractivity (Wildman–Crippen MR) is 59.5 cm³/mol. The molecule has 4 heteroatoms. The predicted octanol–water partition coefficient (Wildman–Crippen LogP) is 0.384. The van der Waals surface area contributed by atoms with E-state index in [4.69, 9.17) is 0 Å². The maximum atomic E-state index is 4.54. The van der Waals surface area contributed by atoms with Crippen molar-refractivity contribution in [3.05, 3.63) is 41.4 Å². The molecule has 0 fully saturated rings. The van der Waals surface area contributed by atoms with E-state index in [1.165, 1.54) is 0 Å². The summed E-state index contributed by atoms with van der Waals surface area (Å²) >= 11 is 0. The second-order valence-electron chi connectivity index (χ2n) is 3.88. The molecule has 0 atom stereocenters. The molecule has 76 valence electrons. The molecule has 3 aromatic rings. The third-order valence-corrected chi connectivity index (χ3v) is 2.88. The molecule has 16 heavy (non-hydrogen) atoms. The first-order valence-electron chi connectivity index (χ1n) is 5.30. The van der Waals surface area contributed by atoms with Gasteiger partial charge in [0.1, 0.15) is 5.69 Å². The van der Waals surface area contributed by atoms with E-state index in [0.29, 0.717) is 0 Å². The minimum absolute atomic E-state index is 0.949. The fraction of sp³-hybridized carbons (Fsp3) is 0.0833. The van der Waals surface area contributed by atoms with Gasteiger partial charge in [0.05, 0.1) is 5.10 Å². The lowest BCUT2D eigenvalue weighted by atomic mass is 10.2. The number of nitrogens with zero attached hydrogens (tertiary/aromatic N) is 4. The minimum atomic E-state index is 0.949. The quantitative estimate of drug-likeness (QED) is 0.502. The Morgan fingerprint density at radius 1 is 1.25 bits per heavy atom. The molecule has 0 radical (unpaired) electrons. The van der Waals surface area contributed by atoms with Crippen LogP contribution in [0.25, 0.3) is 23.2 Å². The molecule has 0 bridgehead atoms. The van der Waals surface area contributed by atoms with Crippen LogP contribution in [0.4, 0.5) is 0 Å². The lowest BCUT2D eigenvalue weighted by Gasteiger charge is -1.87. The number of benzene rings is 1. The molecule has 0 unspecified atom stereocenters. The van der Waals surface area contributed by atoms with Crippen molar-refractivity contribution < 1.29 is 4.63 Å². The summed E-state index contributed by atoms with van der Waals surface area (Å²) in [6.45, 7) is 0. The zero-order valence-electron chi connectivity index (χ0n) is 8.54. The highest BCUT2D eigenvalue weighted by Crippen LogP contribution is 2.05. The normalized spacial score (nSPS) is 14.2. The van der Waals surface area contributed by atoms with Crippen LogP contribution in [0.5, 0.6) is 0 Å². The van der Waals surface area contributed by atoms with Crippen LogP contribution in [0.1, 0.15) is 12.1 Å². The SMILES string of the molecule is C1=Cc2n[n+]3c4ccccc4nn3c2=CC1. The van der Waals surface area contributed by atoms with Gasteiger partial charge in [-0.3, -0.25) is 0 Å². The molecule has 0 aliphatic heterocycles. The second-order valence-corrected chi connectivity index (χ2v) is 3.88. The first-order chi connectivity index (χ1) is 7.93. The van der Waals surface area contributed by atoms with E-state index in [0.717, 1.165) is 28.5 Å². The van der Waals surface area contributed by atoms with Crippen LogP contribution in [0.2, 0.25) is 0 Å². The van der Waals surface area contributed by atoms with E-state index in [-0.39, 0.29) is 0 Å². The summed E-state index contributed by atoms with van der Waals surface area (Å²) in [4.78, 5) is 0. The maximum Gasteiger partial charge on any atom is 0.252 e. The van der Waals surface area contributed by atoms with E-state index in [1.807, 2.05) is 39.6 Å². The van der Waals surface area contributed by atoms with Crippen LogP contribution in [-0.4, -0.2) is 14.8 Å². The second kappa shape index (κ2) is 2.66. The molecule has 0 saturated heterocycles. The summed E-state index contributed by atoms with van der Waals surface area (Å²) in [7, 11) is 0. The highest BCUT2D eigenvalue weighted by atomic mass is 15.6. The van der Waals surface area contributed by atoms with Crippen LogP contribution in [0.15, 0.2) is 30.3 Å². The molecule has 1 aromatic carbocycles. The molecule has 4 rings (SSSR count). The highest BCUT2D eigenvalue weighted by Gasteiger charge is 2.19. The van der Waals surface area contributed by atoms with Crippen molar-refractivity contribution in [2.75, 3.05) is 0 Å². The van der Waals surface area contributed by atoms with E-state index in [2.05, 4.69) is 22.3 Å². The Hall–Kier alpha value is -2.23. The van der Waals surface area contributed by atoms with Crippen LogP contribution in [-0.2, 0) is 0 Å². The third-order valence-electron chi connectivity index (χ3n) is 2.88. The molecule has 1 aliphatic carbocycles. The number of hydrogen-bond acceptors (Lipinski definition) is 2. The average Bonchev–Trinajstić information content (AvgIpc) is 2.85. The first-order valence-corrected chi connectivity index (χ1v) is 5.30. The summed E-state index contributed by atoms with van der Waals surface area (Å²) in [5.74, 6) is 0. The summed E-state index contributed by atoms with van der Waals surface area (Å²) in [5, 5.41) is 10.2. The van der Waals surface area contributed by atoms with Gasteiger partial charge < -0.3 is 0 Å². The molecule has 2 heterocycles. The monoisotopic (exact) mass is 209 g/mol. The van der Waals surface area contributed by atoms with E-state index in [1.54, 1.807) is 0 Å². The molecule has 4 nitrogen and oxygen atoms in total. The standard InChI is InChI=1S/C12H9N4/c1-3-7-11-9(5-1)13-16-12-8-4-2-6-10(12)14-15(11)16/h1-3,5-8H,4H2/q+1. The largest absolute Gasteiger partial charge is 0.252 e. The molecule has 0 N–H and O–H groups in total. The fourth-order valence-corrected chi connectivity index (χ4v) is 2.14. The van der Waals surface area contributed by atoms with Gasteiger partial charge in [-0.05, 0) is 35.3 Å². The number of rotatable bonds is 0. The minimum Gasteiger partial charge on any atom is -0.0783 e. The summed E-state index contributed by atoms with van der Waals surface area (Å²) < 4.78 is 3.72. The number of aromatic nitrogens is 4. The van der Waals surface area contributed by atoms with Crippen molar-refractivity contribution in [1.29, 1.82) is 0 Å². The van der Waals surface area contributed by atoms with Crippen molar-refractivity contribution in [3.63, 3.8) is 0 Å². The Labute approximate surface area is 91.1 Å². The average molecular weight is 209 g/mol. The summed E-state index contributed by atoms with van der Waals surface area (Å²) in [6.07, 6.45) is 7.25. The smallest absolute Gasteiger partial charge is 0.0783 e. The van der Waals surface area contributed by atoms with Gasteiger partial charge in [-0.2, -0.15) is 0 Å². The Bertz CT molecular complexity index is 782. The summed E-state index contributed by atoms with van der Waals surface area (Å²) in [5.41, 5.74) is 3.00. The molecular weight excluding hydrogens is 200 g/mol. The van der Waals surface area contributed by atoms with E-state index in [9.17, 15) is 0 Å². The highest BCUT2D eigenvalue weighted by molar-refractivity contribution is 5.70. The Balaban J connectivity index is 2.30. The number of hydrogen-bond donors (Lipinski definition) is 0. The Morgan fingerprint density at radius 3 is 3.19 bits per heavy atom. The fourth-order valence-electron chi connectivity index (χ4n) is 2.14. The summed E-state index contributed by atoms with van der Waals surface area (Å²) in [6, 6.07) is 8.03. The van der Waals surface area contributed by atoms with Gasteiger partial charge in [-0.15, -0.1) is 0 Å². The lowest BCUT2D eigenvalue weighted by Crippen LogP contribution is -2.33.